The number of benzene rings is 2. The van der Waals surface area contributed by atoms with E-state index in [1.165, 1.54) is 25.7 Å². The number of nitriles is 1. The molecule has 8 heteroatoms. The molecule has 0 aliphatic heterocycles. The van der Waals surface area contributed by atoms with Gasteiger partial charge in [0.2, 0.25) is 0 Å². The van der Waals surface area contributed by atoms with Crippen molar-refractivity contribution in [2.24, 2.45) is 0 Å². The van der Waals surface area contributed by atoms with Gasteiger partial charge in [0.15, 0.2) is 0 Å². The first kappa shape index (κ1) is 35.5. The van der Waals surface area contributed by atoms with Crippen LogP contribution in [-0.2, 0) is 9.59 Å². The van der Waals surface area contributed by atoms with E-state index in [1.54, 1.807) is 18.5 Å². The van der Waals surface area contributed by atoms with Crippen LogP contribution in [-0.4, -0.2) is 28.1 Å². The van der Waals surface area contributed by atoms with Crippen molar-refractivity contribution in [3.05, 3.63) is 65.5 Å². The van der Waals surface area contributed by atoms with Crippen molar-refractivity contribution in [3.8, 4) is 29.1 Å². The van der Waals surface area contributed by atoms with E-state index in [4.69, 9.17) is 20.1 Å². The number of hydrogen-bond donors (Lipinski definition) is 1. The summed E-state index contributed by atoms with van der Waals surface area (Å²) in [6.45, 7) is 16.7. The molecule has 1 aliphatic rings. The Bertz CT molecular complexity index is 1420. The van der Waals surface area contributed by atoms with Crippen LogP contribution in [0.15, 0.2) is 48.8 Å². The van der Waals surface area contributed by atoms with Gasteiger partial charge in [-0.2, -0.15) is 5.26 Å². The fourth-order valence-corrected chi connectivity index (χ4v) is 4.29. The molecule has 0 atom stereocenters. The molecular weight excluding hydrogens is 526 g/mol. The molecule has 8 nitrogen and oxygen atoms in total. The second kappa shape index (κ2) is 18.8. The van der Waals surface area contributed by atoms with Crippen LogP contribution in [0.1, 0.15) is 89.0 Å². The highest BCUT2D eigenvalue weighted by Gasteiger charge is 2.28. The second-order valence-electron chi connectivity index (χ2n) is 9.83. The molecular formula is C34H45N5O3. The number of carbonyl (C=O) groups is 2. The zero-order valence-electron chi connectivity index (χ0n) is 25.9. The number of aromatic nitrogens is 3. The van der Waals surface area contributed by atoms with Gasteiger partial charge in [0.05, 0.1) is 16.8 Å². The number of unbranched alkanes of at least 4 members (excludes halogenated alkanes) is 1. The Morgan fingerprint density at radius 3 is 2.07 bits per heavy atom. The van der Waals surface area contributed by atoms with Crippen LogP contribution in [0.5, 0.6) is 11.8 Å². The SMILES string of the molecule is C=O.C=O.CCC.CCCC.Cc1cc(-c2c(C#N)c3ccc(Oc4ncccn4)cc3n2C2CCC2)c(C)cc1N. The van der Waals surface area contributed by atoms with Gasteiger partial charge in [-0.15, -0.1) is 0 Å². The standard InChI is InChI=1S/C25H23N5O.C4H10.C3H8.2CH2O/c1-15-12-22(27)16(2)11-20(15)24-21(14-26)19-8-7-18(31-25-28-9-4-10-29-25)13-23(19)30(24)17-5-3-6-17;1-3-4-2;1-3-2;2*1-2/h4,7-13,17H,3,5-6,27H2,1-2H3;3-4H2,1-2H3;3H2,1-2H3;2*1H2. The first-order valence-electron chi connectivity index (χ1n) is 14.4. The lowest BCUT2D eigenvalue weighted by Gasteiger charge is -2.30. The number of fused-ring (bicyclic) bond motifs is 1. The molecule has 0 bridgehead atoms. The van der Waals surface area contributed by atoms with E-state index in [2.05, 4.69) is 61.3 Å². The van der Waals surface area contributed by atoms with Gasteiger partial charge in [-0.3, -0.25) is 0 Å². The molecule has 0 unspecified atom stereocenters. The van der Waals surface area contributed by atoms with E-state index in [0.29, 0.717) is 23.4 Å². The van der Waals surface area contributed by atoms with Gasteiger partial charge in [0.1, 0.15) is 25.4 Å². The molecule has 0 spiro atoms. The molecule has 1 aliphatic carbocycles. The molecule has 2 heterocycles. The number of nitrogens with two attached hydrogens (primary N) is 1. The molecule has 5 rings (SSSR count). The van der Waals surface area contributed by atoms with Crippen molar-refractivity contribution in [3.63, 3.8) is 0 Å². The fourth-order valence-electron chi connectivity index (χ4n) is 4.29. The van der Waals surface area contributed by atoms with Crippen molar-refractivity contribution in [1.29, 1.82) is 5.26 Å². The Labute approximate surface area is 250 Å². The average Bonchev–Trinajstić information content (AvgIpc) is 3.30. The molecule has 2 N–H and O–H groups in total. The zero-order valence-corrected chi connectivity index (χ0v) is 25.9. The number of hydrogen-bond acceptors (Lipinski definition) is 7. The quantitative estimate of drug-likeness (QED) is 0.238. The Hall–Kier alpha value is -4.51. The average molecular weight is 572 g/mol. The molecule has 42 heavy (non-hydrogen) atoms. The Morgan fingerprint density at radius 2 is 1.57 bits per heavy atom. The summed E-state index contributed by atoms with van der Waals surface area (Å²) in [6.07, 6.45) is 10.6. The molecule has 0 amide bonds. The number of carbonyl (C=O) groups excluding carboxylic acids is 2. The minimum atomic E-state index is 0.300. The van der Waals surface area contributed by atoms with Crippen molar-refractivity contribution >= 4 is 30.2 Å². The predicted molar refractivity (Wildman–Crippen MR) is 172 cm³/mol. The summed E-state index contributed by atoms with van der Waals surface area (Å²) in [6, 6.07) is 14.8. The van der Waals surface area contributed by atoms with E-state index in [-0.39, 0.29) is 0 Å². The minimum absolute atomic E-state index is 0.300. The first-order chi connectivity index (χ1) is 20.4. The number of nitrogen functional groups attached to an aromatic ring is 1. The van der Waals surface area contributed by atoms with Crippen LogP contribution >= 0.6 is 0 Å². The third-order valence-electron chi connectivity index (χ3n) is 6.65. The number of anilines is 1. The van der Waals surface area contributed by atoms with Crippen LogP contribution in [0.4, 0.5) is 5.69 Å². The van der Waals surface area contributed by atoms with Crippen molar-refractivity contribution in [1.82, 2.24) is 14.5 Å². The number of nitrogens with zero attached hydrogens (tertiary/aromatic N) is 4. The summed E-state index contributed by atoms with van der Waals surface area (Å²) < 4.78 is 8.21. The molecule has 4 aromatic rings. The Morgan fingerprint density at radius 1 is 0.976 bits per heavy atom. The molecule has 2 aromatic carbocycles. The highest BCUT2D eigenvalue weighted by molar-refractivity contribution is 5.96. The maximum absolute atomic E-state index is 10.1. The Balaban J connectivity index is 0.000000706. The lowest BCUT2D eigenvalue weighted by molar-refractivity contribution is -0.0987. The van der Waals surface area contributed by atoms with E-state index in [9.17, 15) is 5.26 Å². The summed E-state index contributed by atoms with van der Waals surface area (Å²) >= 11 is 0. The first-order valence-corrected chi connectivity index (χ1v) is 14.4. The van der Waals surface area contributed by atoms with Crippen molar-refractivity contribution in [2.45, 2.75) is 86.1 Å². The molecule has 0 saturated heterocycles. The van der Waals surface area contributed by atoms with Gasteiger partial charge in [-0.1, -0.05) is 47.0 Å². The van der Waals surface area contributed by atoms with Crippen LogP contribution in [0.2, 0.25) is 0 Å². The van der Waals surface area contributed by atoms with Crippen LogP contribution in [0.3, 0.4) is 0 Å². The summed E-state index contributed by atoms with van der Waals surface area (Å²) in [4.78, 5) is 24.3. The lowest BCUT2D eigenvalue weighted by Crippen LogP contribution is -2.18. The molecule has 2 aromatic heterocycles. The number of rotatable bonds is 5. The topological polar surface area (TPSA) is 124 Å². The second-order valence-corrected chi connectivity index (χ2v) is 9.83. The van der Waals surface area contributed by atoms with E-state index >= 15 is 0 Å². The highest BCUT2D eigenvalue weighted by atomic mass is 16.5. The van der Waals surface area contributed by atoms with Gasteiger partial charge < -0.3 is 24.6 Å². The summed E-state index contributed by atoms with van der Waals surface area (Å²) in [5, 5.41) is 11.1. The highest BCUT2D eigenvalue weighted by Crippen LogP contribution is 2.44. The summed E-state index contributed by atoms with van der Waals surface area (Å²) in [7, 11) is 0. The lowest BCUT2D eigenvalue weighted by atomic mass is 9.91. The molecule has 1 fully saturated rings. The van der Waals surface area contributed by atoms with E-state index in [1.807, 2.05) is 44.8 Å². The maximum atomic E-state index is 10.1. The van der Waals surface area contributed by atoms with Crippen LogP contribution in [0, 0.1) is 25.2 Å². The normalized spacial score (nSPS) is 11.5. The van der Waals surface area contributed by atoms with Gasteiger partial charge in [-0.05, 0) is 74.6 Å². The third kappa shape index (κ3) is 8.74. The van der Waals surface area contributed by atoms with Gasteiger partial charge >= 0.3 is 6.01 Å². The summed E-state index contributed by atoms with van der Waals surface area (Å²) in [5.74, 6) is 0.651. The maximum Gasteiger partial charge on any atom is 0.321 e. The van der Waals surface area contributed by atoms with E-state index in [0.717, 1.165) is 51.8 Å². The van der Waals surface area contributed by atoms with Gasteiger partial charge in [0, 0.05) is 41.1 Å². The molecule has 224 valence electrons. The monoisotopic (exact) mass is 571 g/mol. The van der Waals surface area contributed by atoms with Crippen molar-refractivity contribution in [2.75, 3.05) is 5.73 Å². The smallest absolute Gasteiger partial charge is 0.321 e. The van der Waals surface area contributed by atoms with E-state index < -0.39 is 0 Å². The Kier molecular flexibility index (Phi) is 15.9. The number of aryl methyl sites for hydroxylation is 2. The van der Waals surface area contributed by atoms with Crippen LogP contribution in [0.25, 0.3) is 22.2 Å². The zero-order chi connectivity index (χ0) is 31.7. The predicted octanol–water partition coefficient (Wildman–Crippen LogP) is 8.54. The minimum Gasteiger partial charge on any atom is -0.424 e. The van der Waals surface area contributed by atoms with Gasteiger partial charge in [-0.25, -0.2) is 9.97 Å². The fraction of sp³-hybridized carbons (Fsp3) is 0.382. The molecule has 0 radical (unpaired) electrons. The van der Waals surface area contributed by atoms with Crippen LogP contribution < -0.4 is 10.5 Å². The third-order valence-corrected chi connectivity index (χ3v) is 6.65. The number of ether oxygens (including phenoxy) is 1. The largest absolute Gasteiger partial charge is 0.424 e. The van der Waals surface area contributed by atoms with Crippen molar-refractivity contribution < 1.29 is 14.3 Å². The van der Waals surface area contributed by atoms with Gasteiger partial charge in [0.25, 0.3) is 0 Å². The molecule has 1 saturated carbocycles. The summed E-state index contributed by atoms with van der Waals surface area (Å²) in [5.41, 5.74) is 12.7.